The van der Waals surface area contributed by atoms with Crippen molar-refractivity contribution >= 4 is 23.2 Å². The van der Waals surface area contributed by atoms with Crippen molar-refractivity contribution in [3.05, 3.63) is 53.2 Å². The van der Waals surface area contributed by atoms with Gasteiger partial charge in [0.15, 0.2) is 5.76 Å². The smallest absolute Gasteiger partial charge is 0.437 e. The van der Waals surface area contributed by atoms with Gasteiger partial charge in [-0.25, -0.2) is 4.79 Å². The molecule has 3 aromatic rings. The van der Waals surface area contributed by atoms with Crippen LogP contribution in [-0.4, -0.2) is 21.6 Å². The molecule has 0 radical (unpaired) electrons. The fourth-order valence-electron chi connectivity index (χ4n) is 2.12. The Morgan fingerprint density at radius 2 is 1.92 bits per heavy atom. The Morgan fingerprint density at radius 1 is 1.16 bits per heavy atom. The second-order valence-corrected chi connectivity index (χ2v) is 5.12. The summed E-state index contributed by atoms with van der Waals surface area (Å²) < 4.78 is 10.9. The molecule has 0 bridgehead atoms. The van der Waals surface area contributed by atoms with Gasteiger partial charge in [-0.2, -0.15) is 4.68 Å². The molecule has 0 fully saturated rings. The summed E-state index contributed by atoms with van der Waals surface area (Å²) in [7, 11) is 0. The maximum atomic E-state index is 12.1. The number of hydrogen-bond donors (Lipinski definition) is 2. The van der Waals surface area contributed by atoms with Crippen molar-refractivity contribution in [3.63, 3.8) is 0 Å². The minimum Gasteiger partial charge on any atom is -0.459 e. The van der Waals surface area contributed by atoms with Crippen LogP contribution in [0.3, 0.4) is 0 Å². The molecule has 0 aliphatic rings. The summed E-state index contributed by atoms with van der Waals surface area (Å²) in [6.45, 7) is 1.06. The van der Waals surface area contributed by atoms with E-state index in [9.17, 15) is 14.4 Å². The van der Waals surface area contributed by atoms with E-state index in [-0.39, 0.29) is 18.3 Å². The summed E-state index contributed by atoms with van der Waals surface area (Å²) in [5.41, 5.74) is 1.02. The zero-order valence-electron chi connectivity index (χ0n) is 13.2. The molecule has 9 heteroatoms. The van der Waals surface area contributed by atoms with Crippen molar-refractivity contribution in [3.8, 4) is 11.7 Å². The van der Waals surface area contributed by atoms with Crippen LogP contribution in [0.1, 0.15) is 6.92 Å². The summed E-state index contributed by atoms with van der Waals surface area (Å²) in [6, 6.07) is 9.83. The van der Waals surface area contributed by atoms with Gasteiger partial charge in [-0.1, -0.05) is 6.07 Å². The van der Waals surface area contributed by atoms with Crippen molar-refractivity contribution < 1.29 is 18.4 Å². The van der Waals surface area contributed by atoms with Crippen LogP contribution in [-0.2, 0) is 16.1 Å². The van der Waals surface area contributed by atoms with Gasteiger partial charge in [0.05, 0.1) is 6.26 Å². The zero-order chi connectivity index (χ0) is 17.8. The molecule has 3 rings (SSSR count). The predicted molar refractivity (Wildman–Crippen MR) is 87.8 cm³/mol. The van der Waals surface area contributed by atoms with Crippen molar-refractivity contribution in [1.82, 2.24) is 9.78 Å². The highest BCUT2D eigenvalue weighted by atomic mass is 16.4. The molecule has 1 aromatic carbocycles. The first-order valence-electron chi connectivity index (χ1n) is 7.30. The van der Waals surface area contributed by atoms with Gasteiger partial charge in [0.2, 0.25) is 11.8 Å². The third kappa shape index (κ3) is 4.02. The first kappa shape index (κ1) is 16.2. The predicted octanol–water partition coefficient (Wildman–Crippen LogP) is 1.69. The molecule has 0 saturated carbocycles. The highest BCUT2D eigenvalue weighted by Gasteiger charge is 2.15. The Kier molecular flexibility index (Phi) is 4.46. The molecule has 0 unspecified atom stereocenters. The van der Waals surface area contributed by atoms with E-state index in [2.05, 4.69) is 15.7 Å². The van der Waals surface area contributed by atoms with Crippen LogP contribution in [0.4, 0.5) is 11.4 Å². The van der Waals surface area contributed by atoms with Crippen LogP contribution in [0.5, 0.6) is 0 Å². The number of nitrogens with one attached hydrogen (secondary N) is 2. The highest BCUT2D eigenvalue weighted by Crippen LogP contribution is 2.16. The van der Waals surface area contributed by atoms with E-state index in [1.807, 2.05) is 0 Å². The molecule has 0 atom stereocenters. The van der Waals surface area contributed by atoms with Crippen molar-refractivity contribution in [2.75, 3.05) is 10.6 Å². The van der Waals surface area contributed by atoms with E-state index in [1.54, 1.807) is 36.4 Å². The number of rotatable bonds is 5. The Labute approximate surface area is 141 Å². The Bertz CT molecular complexity index is 955. The van der Waals surface area contributed by atoms with Gasteiger partial charge >= 0.3 is 5.76 Å². The van der Waals surface area contributed by atoms with Crippen molar-refractivity contribution in [2.24, 2.45) is 0 Å². The zero-order valence-corrected chi connectivity index (χ0v) is 13.2. The minimum atomic E-state index is -0.770. The van der Waals surface area contributed by atoms with Gasteiger partial charge < -0.3 is 19.5 Å². The van der Waals surface area contributed by atoms with E-state index in [1.165, 1.54) is 13.2 Å². The molecule has 2 aromatic heterocycles. The lowest BCUT2D eigenvalue weighted by molar-refractivity contribution is -0.117. The molecular formula is C16H14N4O5. The van der Waals surface area contributed by atoms with E-state index < -0.39 is 11.7 Å². The van der Waals surface area contributed by atoms with Crippen LogP contribution >= 0.6 is 0 Å². The second kappa shape index (κ2) is 6.87. The third-order valence-corrected chi connectivity index (χ3v) is 3.10. The molecule has 0 aliphatic heterocycles. The number of anilines is 2. The Balaban J connectivity index is 1.69. The van der Waals surface area contributed by atoms with Gasteiger partial charge in [0.25, 0.3) is 5.89 Å². The van der Waals surface area contributed by atoms with Crippen molar-refractivity contribution in [2.45, 2.75) is 13.5 Å². The normalized spacial score (nSPS) is 10.4. The molecule has 25 heavy (non-hydrogen) atoms. The van der Waals surface area contributed by atoms with E-state index in [4.69, 9.17) is 8.83 Å². The fraction of sp³-hybridized carbons (Fsp3) is 0.125. The third-order valence-electron chi connectivity index (χ3n) is 3.10. The minimum absolute atomic E-state index is 0.00421. The summed E-state index contributed by atoms with van der Waals surface area (Å²) >= 11 is 0. The quantitative estimate of drug-likeness (QED) is 0.728. The molecule has 128 valence electrons. The summed E-state index contributed by atoms with van der Waals surface area (Å²) in [6.07, 6.45) is 1.42. The summed E-state index contributed by atoms with van der Waals surface area (Å²) in [5.74, 6) is -1.17. The summed E-state index contributed by atoms with van der Waals surface area (Å²) in [4.78, 5) is 34.9. The molecule has 0 spiro atoms. The highest BCUT2D eigenvalue weighted by molar-refractivity contribution is 5.93. The number of benzene rings is 1. The average Bonchev–Trinajstić information content (AvgIpc) is 3.17. The largest absolute Gasteiger partial charge is 0.459 e. The second-order valence-electron chi connectivity index (χ2n) is 5.12. The van der Waals surface area contributed by atoms with Gasteiger partial charge in [-0.15, -0.1) is 5.10 Å². The Hall–Kier alpha value is -3.62. The molecule has 2 N–H and O–H groups in total. The molecule has 2 amide bonds. The fourth-order valence-corrected chi connectivity index (χ4v) is 2.12. The maximum Gasteiger partial charge on any atom is 0.437 e. The lowest BCUT2D eigenvalue weighted by Gasteiger charge is -2.07. The maximum absolute atomic E-state index is 12.1. The van der Waals surface area contributed by atoms with Crippen LogP contribution in [0.25, 0.3) is 11.7 Å². The van der Waals surface area contributed by atoms with Crippen LogP contribution in [0, 0.1) is 0 Å². The Morgan fingerprint density at radius 3 is 2.60 bits per heavy atom. The van der Waals surface area contributed by atoms with Gasteiger partial charge in [-0.3, -0.25) is 9.59 Å². The average molecular weight is 342 g/mol. The number of furan rings is 1. The first-order valence-corrected chi connectivity index (χ1v) is 7.30. The van der Waals surface area contributed by atoms with E-state index in [0.717, 1.165) is 4.68 Å². The number of hydrogen-bond acceptors (Lipinski definition) is 6. The monoisotopic (exact) mass is 342 g/mol. The van der Waals surface area contributed by atoms with Crippen LogP contribution in [0.2, 0.25) is 0 Å². The topological polar surface area (TPSA) is 119 Å². The molecule has 2 heterocycles. The number of carbonyl (C=O) groups excluding carboxylic acids is 2. The van der Waals surface area contributed by atoms with Gasteiger partial charge in [0, 0.05) is 18.3 Å². The molecule has 0 aliphatic carbocycles. The molecule has 0 saturated heterocycles. The van der Waals surface area contributed by atoms with Gasteiger partial charge in [-0.05, 0) is 30.3 Å². The number of amides is 2. The lowest BCUT2D eigenvalue weighted by atomic mass is 10.2. The lowest BCUT2D eigenvalue weighted by Crippen LogP contribution is -2.25. The number of nitrogens with zero attached hydrogens (tertiary/aromatic N) is 2. The van der Waals surface area contributed by atoms with Crippen molar-refractivity contribution in [1.29, 1.82) is 0 Å². The van der Waals surface area contributed by atoms with E-state index in [0.29, 0.717) is 17.1 Å². The van der Waals surface area contributed by atoms with E-state index >= 15 is 0 Å². The number of aromatic nitrogens is 2. The number of carbonyl (C=O) groups is 2. The molecule has 9 nitrogen and oxygen atoms in total. The summed E-state index contributed by atoms with van der Waals surface area (Å²) in [5, 5.41) is 9.15. The SMILES string of the molecule is CC(=O)Nc1cccc(NC(=O)Cn2nc(-c3ccco3)oc2=O)c1. The first-order chi connectivity index (χ1) is 12.0. The standard InChI is InChI=1S/C16H14N4O5/c1-10(21)17-11-4-2-5-12(8-11)18-14(22)9-20-16(23)25-15(19-20)13-6-3-7-24-13/h2-8H,9H2,1H3,(H,17,21)(H,18,22). The molecular weight excluding hydrogens is 328 g/mol. The van der Waals surface area contributed by atoms with Crippen LogP contribution < -0.4 is 16.4 Å². The van der Waals surface area contributed by atoms with Crippen LogP contribution in [0.15, 0.2) is 56.3 Å². The van der Waals surface area contributed by atoms with Gasteiger partial charge in [0.1, 0.15) is 6.54 Å².